The first kappa shape index (κ1) is 8.78. The second-order valence-electron chi connectivity index (χ2n) is 2.53. The van der Waals surface area contributed by atoms with Gasteiger partial charge in [-0.3, -0.25) is 0 Å². The van der Waals surface area contributed by atoms with Crippen LogP contribution >= 0.6 is 22.9 Å². The number of aromatic nitrogens is 1. The lowest BCUT2D eigenvalue weighted by molar-refractivity contribution is 0.516. The van der Waals surface area contributed by atoms with Gasteiger partial charge in [0, 0.05) is 12.3 Å². The van der Waals surface area contributed by atoms with Crippen molar-refractivity contribution in [1.29, 1.82) is 0 Å². The van der Waals surface area contributed by atoms with E-state index in [9.17, 15) is 0 Å². The van der Waals surface area contributed by atoms with Gasteiger partial charge >= 0.3 is 0 Å². The van der Waals surface area contributed by atoms with Crippen LogP contribution in [0.2, 0.25) is 0 Å². The molecular formula is C9H8ClNOS. The molecule has 13 heavy (non-hydrogen) atoms. The van der Waals surface area contributed by atoms with E-state index < -0.39 is 0 Å². The van der Waals surface area contributed by atoms with Gasteiger partial charge < -0.3 is 4.42 Å². The van der Waals surface area contributed by atoms with E-state index in [1.807, 2.05) is 17.5 Å². The predicted molar refractivity (Wildman–Crippen MR) is 54.2 cm³/mol. The fourth-order valence-corrected chi connectivity index (χ4v) is 1.87. The molecule has 0 amide bonds. The molecule has 0 aliphatic carbocycles. The molecule has 2 nitrogen and oxygen atoms in total. The van der Waals surface area contributed by atoms with Crippen LogP contribution in [-0.2, 0) is 6.42 Å². The average molecular weight is 214 g/mol. The maximum absolute atomic E-state index is 5.57. The minimum absolute atomic E-state index is 0.546. The van der Waals surface area contributed by atoms with E-state index in [0.29, 0.717) is 18.2 Å². The molecule has 68 valence electrons. The Hall–Kier alpha value is -0.800. The molecule has 2 aromatic rings. The Kier molecular flexibility index (Phi) is 2.66. The molecule has 0 aliphatic rings. The molecule has 0 N–H and O–H groups in total. The van der Waals surface area contributed by atoms with Gasteiger partial charge in [-0.1, -0.05) is 6.07 Å². The zero-order valence-electron chi connectivity index (χ0n) is 6.87. The monoisotopic (exact) mass is 213 g/mol. The number of halogens is 1. The Morgan fingerprint density at radius 3 is 3.15 bits per heavy atom. The van der Waals surface area contributed by atoms with Crippen molar-refractivity contribution in [2.24, 2.45) is 0 Å². The first-order valence-corrected chi connectivity index (χ1v) is 5.36. The van der Waals surface area contributed by atoms with Gasteiger partial charge in [-0.15, -0.1) is 22.9 Å². The SMILES string of the molecule is ClCCc1ncc(-c2cccs2)o1. The molecule has 0 radical (unpaired) electrons. The molecule has 0 unspecified atom stereocenters. The number of alkyl halides is 1. The molecule has 0 spiro atoms. The molecule has 0 bridgehead atoms. The molecule has 2 aromatic heterocycles. The second-order valence-corrected chi connectivity index (χ2v) is 3.86. The minimum atomic E-state index is 0.546. The van der Waals surface area contributed by atoms with Crippen LogP contribution in [0.5, 0.6) is 0 Å². The zero-order valence-corrected chi connectivity index (χ0v) is 8.44. The summed E-state index contributed by atoms with van der Waals surface area (Å²) < 4.78 is 5.48. The molecule has 0 fully saturated rings. The van der Waals surface area contributed by atoms with Gasteiger partial charge in [-0.2, -0.15) is 0 Å². The third-order valence-corrected chi connectivity index (χ3v) is 2.70. The van der Waals surface area contributed by atoms with E-state index in [1.165, 1.54) is 0 Å². The van der Waals surface area contributed by atoms with Gasteiger partial charge in [-0.05, 0) is 11.4 Å². The van der Waals surface area contributed by atoms with E-state index in [-0.39, 0.29) is 0 Å². The topological polar surface area (TPSA) is 26.0 Å². The lowest BCUT2D eigenvalue weighted by Crippen LogP contribution is -1.83. The summed E-state index contributed by atoms with van der Waals surface area (Å²) in [5.41, 5.74) is 0. The third-order valence-electron chi connectivity index (χ3n) is 1.63. The third kappa shape index (κ3) is 1.92. The Morgan fingerprint density at radius 1 is 1.54 bits per heavy atom. The molecule has 2 heterocycles. The summed E-state index contributed by atoms with van der Waals surface area (Å²) in [5, 5.41) is 2.01. The zero-order chi connectivity index (χ0) is 9.10. The largest absolute Gasteiger partial charge is 0.440 e. The van der Waals surface area contributed by atoms with Gasteiger partial charge in [0.05, 0.1) is 11.1 Å². The first-order chi connectivity index (χ1) is 6.40. The number of thiophene rings is 1. The molecule has 2 rings (SSSR count). The van der Waals surface area contributed by atoms with Crippen molar-refractivity contribution in [3.63, 3.8) is 0 Å². The van der Waals surface area contributed by atoms with Crippen LogP contribution in [0, 0.1) is 0 Å². The summed E-state index contributed by atoms with van der Waals surface area (Å²) in [6, 6.07) is 4.00. The summed E-state index contributed by atoms with van der Waals surface area (Å²) in [4.78, 5) is 5.22. The number of nitrogens with zero attached hydrogens (tertiary/aromatic N) is 1. The van der Waals surface area contributed by atoms with E-state index in [1.54, 1.807) is 17.5 Å². The summed E-state index contributed by atoms with van der Waals surface area (Å²) in [6.07, 6.45) is 2.43. The molecular weight excluding hydrogens is 206 g/mol. The van der Waals surface area contributed by atoms with Crippen molar-refractivity contribution in [3.8, 4) is 10.6 Å². The summed E-state index contributed by atoms with van der Waals surface area (Å²) in [5.74, 6) is 2.08. The predicted octanol–water partition coefficient (Wildman–Crippen LogP) is 3.18. The van der Waals surface area contributed by atoms with E-state index in [0.717, 1.165) is 10.6 Å². The Bertz CT molecular complexity index is 369. The summed E-state index contributed by atoms with van der Waals surface area (Å²) >= 11 is 7.21. The highest BCUT2D eigenvalue weighted by Crippen LogP contribution is 2.25. The van der Waals surface area contributed by atoms with Crippen LogP contribution in [0.1, 0.15) is 5.89 Å². The van der Waals surface area contributed by atoms with Gasteiger partial charge in [0.1, 0.15) is 0 Å². The highest BCUT2D eigenvalue weighted by molar-refractivity contribution is 7.13. The van der Waals surface area contributed by atoms with E-state index in [2.05, 4.69) is 4.98 Å². The van der Waals surface area contributed by atoms with Crippen LogP contribution in [0.15, 0.2) is 28.1 Å². The number of aryl methyl sites for hydroxylation is 1. The van der Waals surface area contributed by atoms with Crippen molar-refractivity contribution in [2.45, 2.75) is 6.42 Å². The van der Waals surface area contributed by atoms with E-state index >= 15 is 0 Å². The standard InChI is InChI=1S/C9H8ClNOS/c10-4-3-9-11-6-7(12-9)8-2-1-5-13-8/h1-2,5-6H,3-4H2. The lowest BCUT2D eigenvalue weighted by atomic mass is 10.4. The maximum atomic E-state index is 5.57. The number of hydrogen-bond acceptors (Lipinski definition) is 3. The fraction of sp³-hybridized carbons (Fsp3) is 0.222. The Labute approximate surface area is 85.2 Å². The van der Waals surface area contributed by atoms with E-state index in [4.69, 9.17) is 16.0 Å². The van der Waals surface area contributed by atoms with Crippen molar-refractivity contribution in [1.82, 2.24) is 4.98 Å². The summed E-state index contributed by atoms with van der Waals surface area (Å²) in [6.45, 7) is 0. The van der Waals surface area contributed by atoms with Crippen LogP contribution in [0.4, 0.5) is 0 Å². The van der Waals surface area contributed by atoms with Crippen LogP contribution in [-0.4, -0.2) is 10.9 Å². The van der Waals surface area contributed by atoms with Gasteiger partial charge in [0.25, 0.3) is 0 Å². The van der Waals surface area contributed by atoms with Crippen LogP contribution in [0.25, 0.3) is 10.6 Å². The number of hydrogen-bond donors (Lipinski definition) is 0. The molecule has 0 aliphatic heterocycles. The molecule has 0 saturated carbocycles. The highest BCUT2D eigenvalue weighted by Gasteiger charge is 2.05. The Balaban J connectivity index is 2.23. The van der Waals surface area contributed by atoms with Gasteiger partial charge in [0.2, 0.25) is 0 Å². The fourth-order valence-electron chi connectivity index (χ4n) is 1.04. The van der Waals surface area contributed by atoms with Crippen molar-refractivity contribution >= 4 is 22.9 Å². The molecule has 0 saturated heterocycles. The van der Waals surface area contributed by atoms with Gasteiger partial charge in [0.15, 0.2) is 11.7 Å². The van der Waals surface area contributed by atoms with Crippen LogP contribution < -0.4 is 0 Å². The van der Waals surface area contributed by atoms with Gasteiger partial charge in [-0.25, -0.2) is 4.98 Å². The highest BCUT2D eigenvalue weighted by atomic mass is 35.5. The van der Waals surface area contributed by atoms with Crippen molar-refractivity contribution in [3.05, 3.63) is 29.6 Å². The van der Waals surface area contributed by atoms with Crippen LogP contribution in [0.3, 0.4) is 0 Å². The molecule has 4 heteroatoms. The van der Waals surface area contributed by atoms with Crippen molar-refractivity contribution in [2.75, 3.05) is 5.88 Å². The summed E-state index contributed by atoms with van der Waals surface area (Å²) in [7, 11) is 0. The smallest absolute Gasteiger partial charge is 0.196 e. The quantitative estimate of drug-likeness (QED) is 0.732. The first-order valence-electron chi connectivity index (χ1n) is 3.94. The molecule has 0 atom stereocenters. The number of rotatable bonds is 3. The molecule has 0 aromatic carbocycles. The average Bonchev–Trinajstić information content (AvgIpc) is 2.70. The number of oxazole rings is 1. The second kappa shape index (κ2) is 3.94. The van der Waals surface area contributed by atoms with Crippen molar-refractivity contribution < 1.29 is 4.42 Å². The normalized spacial score (nSPS) is 10.5. The maximum Gasteiger partial charge on any atom is 0.196 e. The minimum Gasteiger partial charge on any atom is -0.440 e. The Morgan fingerprint density at radius 2 is 2.46 bits per heavy atom. The lowest BCUT2D eigenvalue weighted by Gasteiger charge is -1.88.